The van der Waals surface area contributed by atoms with Gasteiger partial charge < -0.3 is 19.3 Å². The van der Waals surface area contributed by atoms with Crippen LogP contribution in [0.4, 0.5) is 11.4 Å². The van der Waals surface area contributed by atoms with E-state index in [0.29, 0.717) is 54.0 Å². The van der Waals surface area contributed by atoms with Gasteiger partial charge in [-0.05, 0) is 30.3 Å². The number of rotatable bonds is 5. The van der Waals surface area contributed by atoms with E-state index < -0.39 is 4.92 Å². The Balaban J connectivity index is 1.72. The molecule has 1 fully saturated rings. The van der Waals surface area contributed by atoms with Gasteiger partial charge in [0.15, 0.2) is 0 Å². The molecule has 0 aromatic heterocycles. The van der Waals surface area contributed by atoms with Gasteiger partial charge >= 0.3 is 0 Å². The number of benzene rings is 2. The number of ether oxygens (including phenoxy) is 2. The number of carbonyl (C=O) groups excluding carboxylic acids is 1. The normalized spacial score (nSPS) is 14.0. The molecule has 1 heterocycles. The van der Waals surface area contributed by atoms with Crippen LogP contribution < -0.4 is 14.4 Å². The highest BCUT2D eigenvalue weighted by molar-refractivity contribution is 6.32. The molecule has 0 N–H and O–H groups in total. The number of hydrogen-bond acceptors (Lipinski definition) is 6. The molecule has 28 heavy (non-hydrogen) atoms. The monoisotopic (exact) mass is 405 g/mol. The minimum absolute atomic E-state index is 0.0129. The summed E-state index contributed by atoms with van der Waals surface area (Å²) in [5, 5.41) is 11.8. The van der Waals surface area contributed by atoms with Gasteiger partial charge in [0, 0.05) is 31.7 Å². The maximum Gasteiger partial charge on any atom is 0.296 e. The summed E-state index contributed by atoms with van der Waals surface area (Å²) >= 11 is 6.11. The third-order valence-electron chi connectivity index (χ3n) is 4.69. The van der Waals surface area contributed by atoms with Crippen LogP contribution in [0.3, 0.4) is 0 Å². The van der Waals surface area contributed by atoms with Crippen LogP contribution in [0.5, 0.6) is 11.5 Å². The Hall–Kier alpha value is -3.00. The quantitative estimate of drug-likeness (QED) is 0.560. The number of amides is 1. The number of anilines is 1. The molecule has 3 rings (SSSR count). The number of hydrogen-bond donors (Lipinski definition) is 0. The zero-order chi connectivity index (χ0) is 20.3. The first-order valence-electron chi connectivity index (χ1n) is 8.64. The van der Waals surface area contributed by atoms with Crippen LogP contribution in [0.1, 0.15) is 10.4 Å². The van der Waals surface area contributed by atoms with Crippen LogP contribution in [0.25, 0.3) is 0 Å². The van der Waals surface area contributed by atoms with E-state index in [4.69, 9.17) is 21.1 Å². The van der Waals surface area contributed by atoms with Gasteiger partial charge in [-0.15, -0.1) is 0 Å². The van der Waals surface area contributed by atoms with E-state index in [0.717, 1.165) is 0 Å². The molecule has 1 aliphatic heterocycles. The molecule has 0 radical (unpaired) electrons. The highest BCUT2D eigenvalue weighted by Gasteiger charge is 2.27. The van der Waals surface area contributed by atoms with Crippen LogP contribution in [-0.2, 0) is 0 Å². The summed E-state index contributed by atoms with van der Waals surface area (Å²) in [6.45, 7) is 1.88. The highest BCUT2D eigenvalue weighted by Crippen LogP contribution is 2.33. The number of carbonyl (C=O) groups is 1. The average molecular weight is 406 g/mol. The van der Waals surface area contributed by atoms with Crippen molar-refractivity contribution < 1.29 is 19.2 Å². The maximum absolute atomic E-state index is 12.7. The van der Waals surface area contributed by atoms with Crippen molar-refractivity contribution in [2.75, 3.05) is 45.3 Å². The van der Waals surface area contributed by atoms with Crippen LogP contribution in [0.2, 0.25) is 5.02 Å². The summed E-state index contributed by atoms with van der Waals surface area (Å²) in [5.41, 5.74) is 0.987. The minimum Gasteiger partial charge on any atom is -0.496 e. The second kappa shape index (κ2) is 8.35. The van der Waals surface area contributed by atoms with Gasteiger partial charge in [-0.3, -0.25) is 14.9 Å². The summed E-state index contributed by atoms with van der Waals surface area (Å²) in [7, 11) is 2.98. The first-order valence-corrected chi connectivity index (χ1v) is 9.02. The lowest BCUT2D eigenvalue weighted by Gasteiger charge is -2.36. The van der Waals surface area contributed by atoms with Crippen LogP contribution in [-0.4, -0.2) is 56.1 Å². The van der Waals surface area contributed by atoms with E-state index in [1.807, 2.05) is 4.90 Å². The Morgan fingerprint density at radius 2 is 1.79 bits per heavy atom. The van der Waals surface area contributed by atoms with E-state index in [9.17, 15) is 14.9 Å². The number of piperazine rings is 1. The highest BCUT2D eigenvalue weighted by atomic mass is 35.5. The number of nitro benzene ring substituents is 1. The minimum atomic E-state index is -0.422. The third-order valence-corrected chi connectivity index (χ3v) is 4.98. The number of nitro groups is 1. The molecular weight excluding hydrogens is 386 g/mol. The Morgan fingerprint density at radius 3 is 2.36 bits per heavy atom. The predicted molar refractivity (Wildman–Crippen MR) is 106 cm³/mol. The van der Waals surface area contributed by atoms with E-state index in [2.05, 4.69) is 0 Å². The molecule has 2 aromatic rings. The predicted octanol–water partition coefficient (Wildman–Crippen LogP) is 3.23. The molecule has 1 amide bonds. The van der Waals surface area contributed by atoms with Crippen molar-refractivity contribution in [2.45, 2.75) is 0 Å². The smallest absolute Gasteiger partial charge is 0.296 e. The molecule has 1 aliphatic rings. The van der Waals surface area contributed by atoms with Crippen LogP contribution >= 0.6 is 11.6 Å². The summed E-state index contributed by atoms with van der Waals surface area (Å²) in [5.74, 6) is 0.809. The van der Waals surface area contributed by atoms with Gasteiger partial charge in [0.25, 0.3) is 11.6 Å². The number of methoxy groups -OCH3 is 2. The Bertz CT molecular complexity index is 897. The van der Waals surface area contributed by atoms with E-state index >= 15 is 0 Å². The summed E-state index contributed by atoms with van der Waals surface area (Å²) in [6.07, 6.45) is 0. The molecule has 2 aromatic carbocycles. The standard InChI is InChI=1S/C19H20ClN3O5/c1-27-14-4-5-16(17(12-14)23(25)26)21-7-9-22(10-8-21)19(24)13-3-6-18(28-2)15(20)11-13/h3-6,11-12H,7-10H2,1-2H3. The van der Waals surface area contributed by atoms with Crippen molar-refractivity contribution in [3.8, 4) is 11.5 Å². The first-order chi connectivity index (χ1) is 13.4. The van der Waals surface area contributed by atoms with Crippen molar-refractivity contribution in [3.63, 3.8) is 0 Å². The molecule has 0 spiro atoms. The zero-order valence-electron chi connectivity index (χ0n) is 15.6. The van der Waals surface area contributed by atoms with Gasteiger partial charge in [0.2, 0.25) is 0 Å². The summed E-state index contributed by atoms with van der Waals surface area (Å²) in [4.78, 5) is 27.3. The van der Waals surface area contributed by atoms with Gasteiger partial charge in [0.1, 0.15) is 17.2 Å². The fraction of sp³-hybridized carbons (Fsp3) is 0.316. The van der Waals surface area contributed by atoms with Gasteiger partial charge in [-0.25, -0.2) is 0 Å². The lowest BCUT2D eigenvalue weighted by molar-refractivity contribution is -0.384. The molecule has 1 saturated heterocycles. The van der Waals surface area contributed by atoms with Crippen LogP contribution in [0, 0.1) is 10.1 Å². The van der Waals surface area contributed by atoms with Crippen molar-refractivity contribution in [2.24, 2.45) is 0 Å². The maximum atomic E-state index is 12.7. The Labute approximate surface area is 167 Å². The molecule has 9 heteroatoms. The Morgan fingerprint density at radius 1 is 1.07 bits per heavy atom. The SMILES string of the molecule is COc1ccc(N2CCN(C(=O)c3ccc(OC)c(Cl)c3)CC2)c([N+](=O)[O-])c1. The van der Waals surface area contributed by atoms with Crippen molar-refractivity contribution in [3.05, 3.63) is 57.1 Å². The number of nitrogens with zero attached hydrogens (tertiary/aromatic N) is 3. The molecule has 0 bridgehead atoms. The van der Waals surface area contributed by atoms with Crippen molar-refractivity contribution in [1.82, 2.24) is 4.90 Å². The number of halogens is 1. The van der Waals surface area contributed by atoms with E-state index in [-0.39, 0.29) is 11.6 Å². The molecule has 0 atom stereocenters. The fourth-order valence-corrected chi connectivity index (χ4v) is 3.43. The van der Waals surface area contributed by atoms with Crippen molar-refractivity contribution >= 4 is 28.9 Å². The fourth-order valence-electron chi connectivity index (χ4n) is 3.18. The van der Waals surface area contributed by atoms with Crippen LogP contribution in [0.15, 0.2) is 36.4 Å². The second-order valence-corrected chi connectivity index (χ2v) is 6.65. The zero-order valence-corrected chi connectivity index (χ0v) is 16.3. The van der Waals surface area contributed by atoms with E-state index in [1.165, 1.54) is 20.3 Å². The van der Waals surface area contributed by atoms with Gasteiger partial charge in [0.05, 0.1) is 30.2 Å². The molecule has 0 aliphatic carbocycles. The largest absolute Gasteiger partial charge is 0.496 e. The van der Waals surface area contributed by atoms with Gasteiger partial charge in [-0.2, -0.15) is 0 Å². The van der Waals surface area contributed by atoms with Crippen molar-refractivity contribution in [1.29, 1.82) is 0 Å². The topological polar surface area (TPSA) is 85.2 Å². The average Bonchev–Trinajstić information content (AvgIpc) is 2.72. The second-order valence-electron chi connectivity index (χ2n) is 6.24. The summed E-state index contributed by atoms with van der Waals surface area (Å²) in [6, 6.07) is 9.70. The lowest BCUT2D eigenvalue weighted by atomic mass is 10.1. The van der Waals surface area contributed by atoms with Gasteiger partial charge in [-0.1, -0.05) is 11.6 Å². The molecule has 148 valence electrons. The Kier molecular flexibility index (Phi) is 5.89. The third kappa shape index (κ3) is 3.96. The molecular formula is C19H20ClN3O5. The first kappa shape index (κ1) is 19.8. The van der Waals surface area contributed by atoms with E-state index in [1.54, 1.807) is 35.2 Å². The molecule has 8 nitrogen and oxygen atoms in total. The lowest BCUT2D eigenvalue weighted by Crippen LogP contribution is -2.49. The molecule has 0 saturated carbocycles. The summed E-state index contributed by atoms with van der Waals surface area (Å²) < 4.78 is 10.2. The molecule has 0 unspecified atom stereocenters.